The number of para-hydroxylation sites is 1. The van der Waals surface area contributed by atoms with Crippen molar-refractivity contribution in [3.8, 4) is 72.4 Å². The number of aliphatic imine (C=N–C) groups is 1. The summed E-state index contributed by atoms with van der Waals surface area (Å²) in [7, 11) is 0. The van der Waals surface area contributed by atoms with Gasteiger partial charge in [-0.05, 0) is 169 Å². The van der Waals surface area contributed by atoms with E-state index in [9.17, 15) is 0 Å². The lowest BCUT2D eigenvalue weighted by Crippen LogP contribution is -2.14. The van der Waals surface area contributed by atoms with E-state index in [4.69, 9.17) is 0 Å². The first kappa shape index (κ1) is 39.6. The molecule has 0 N–H and O–H groups in total. The average Bonchev–Trinajstić information content (AvgIpc) is 3.97. The molecule has 1 aliphatic heterocycles. The standard InChI is InChI=1S/C60H49BN2/c1-4-16-42-30-31-54(35-43(42)27-15-34-62-6-3)52-25-13-23-50(39-52)48-21-11-19-46(37-48)44-17-10-18-45(36-44)47-20-12-22-49(38-47)51-24-14-26-53(40-51)55-32-33-58-57(41-55)59-60(61(59)5-2)63(58)56-28-8-7-9-29-56/h5-15,17-26,28-41H,2,4,16,27H2,1,3H3/b34-15-,62-6?. The van der Waals surface area contributed by atoms with Gasteiger partial charge in [-0.25, -0.2) is 0 Å². The molecule has 1 aliphatic rings. The number of aromatic nitrogens is 1. The number of rotatable bonds is 13. The van der Waals surface area contributed by atoms with Crippen LogP contribution in [0.15, 0.2) is 218 Å². The highest BCUT2D eigenvalue weighted by atomic mass is 15.0. The highest BCUT2D eigenvalue weighted by Gasteiger charge is 2.42. The molecular weight excluding hydrogens is 759 g/mol. The molecule has 0 spiro atoms. The average molecular weight is 809 g/mol. The fraction of sp³-hybridized carbons (Fsp3) is 0.0833. The molecule has 2 nitrogen and oxygen atoms in total. The minimum atomic E-state index is 0.314. The molecule has 302 valence electrons. The van der Waals surface area contributed by atoms with Crippen molar-refractivity contribution in [3.05, 3.63) is 224 Å². The van der Waals surface area contributed by atoms with Crippen molar-refractivity contribution in [3.63, 3.8) is 0 Å². The predicted molar refractivity (Wildman–Crippen MR) is 272 cm³/mol. The van der Waals surface area contributed by atoms with E-state index in [2.05, 4.69) is 223 Å². The van der Waals surface area contributed by atoms with Crippen LogP contribution in [0.1, 0.15) is 31.4 Å². The molecule has 0 fully saturated rings. The summed E-state index contributed by atoms with van der Waals surface area (Å²) < 4.78 is 2.40. The zero-order valence-corrected chi connectivity index (χ0v) is 36.0. The summed E-state index contributed by atoms with van der Waals surface area (Å²) in [6, 6.07) is 69.3. The van der Waals surface area contributed by atoms with Crippen molar-refractivity contribution in [1.82, 2.24) is 4.57 Å². The van der Waals surface area contributed by atoms with E-state index in [-0.39, 0.29) is 0 Å². The molecule has 10 rings (SSSR count). The molecule has 0 unspecified atom stereocenters. The Labute approximate surface area is 372 Å². The third kappa shape index (κ3) is 7.95. The van der Waals surface area contributed by atoms with E-state index in [0.717, 1.165) is 19.3 Å². The van der Waals surface area contributed by atoms with Gasteiger partial charge in [0.05, 0.1) is 5.52 Å². The van der Waals surface area contributed by atoms with E-state index in [1.54, 1.807) is 0 Å². The molecule has 0 amide bonds. The Morgan fingerprint density at radius 1 is 0.508 bits per heavy atom. The lowest BCUT2D eigenvalue weighted by molar-refractivity contribution is 0.906. The van der Waals surface area contributed by atoms with E-state index >= 15 is 0 Å². The number of aryl methyl sites for hydroxylation is 1. The summed E-state index contributed by atoms with van der Waals surface area (Å²) in [6.45, 7) is 8.66. The van der Waals surface area contributed by atoms with E-state index in [1.807, 2.05) is 19.3 Å². The van der Waals surface area contributed by atoms with Gasteiger partial charge in [-0.2, -0.15) is 0 Å². The second kappa shape index (κ2) is 17.5. The topological polar surface area (TPSA) is 17.3 Å². The maximum absolute atomic E-state index is 4.28. The van der Waals surface area contributed by atoms with Crippen LogP contribution in [0, 0.1) is 0 Å². The van der Waals surface area contributed by atoms with Crippen LogP contribution in [-0.2, 0) is 12.8 Å². The van der Waals surface area contributed by atoms with Crippen LogP contribution in [0.5, 0.6) is 0 Å². The van der Waals surface area contributed by atoms with Crippen molar-refractivity contribution < 1.29 is 0 Å². The summed E-state index contributed by atoms with van der Waals surface area (Å²) in [6.07, 6.45) is 8.96. The summed E-state index contributed by atoms with van der Waals surface area (Å²) in [5.41, 5.74) is 22.5. The monoisotopic (exact) mass is 808 g/mol. The Hall–Kier alpha value is -7.49. The second-order valence-electron chi connectivity index (χ2n) is 16.5. The highest BCUT2D eigenvalue weighted by Crippen LogP contribution is 2.36. The van der Waals surface area contributed by atoms with Crippen molar-refractivity contribution in [2.75, 3.05) is 0 Å². The molecular formula is C60H49BN2. The van der Waals surface area contributed by atoms with Gasteiger partial charge in [0.1, 0.15) is 0 Å². The first-order chi connectivity index (χ1) is 31.1. The fourth-order valence-corrected chi connectivity index (χ4v) is 9.36. The Bertz CT molecular complexity index is 3200. The third-order valence-corrected chi connectivity index (χ3v) is 12.5. The SMILES string of the molecule is C=CB1c2c1n(-c1ccccc1)c1ccc(-c3cccc(-c4cccc(-c5cccc(-c6cccc(-c7cccc(-c8ccc(CCC)c(C/C=C\N=CC)c8)c7)c6)c5)c4)c3)cc21. The zero-order valence-electron chi connectivity index (χ0n) is 36.0. The lowest BCUT2D eigenvalue weighted by Gasteiger charge is -2.13. The minimum Gasteiger partial charge on any atom is -0.322 e. The molecule has 1 aromatic heterocycles. The second-order valence-corrected chi connectivity index (χ2v) is 16.5. The molecule has 63 heavy (non-hydrogen) atoms. The van der Waals surface area contributed by atoms with Gasteiger partial charge in [0.2, 0.25) is 0 Å². The number of benzene rings is 8. The van der Waals surface area contributed by atoms with Gasteiger partial charge in [-0.3, -0.25) is 4.99 Å². The third-order valence-electron chi connectivity index (χ3n) is 12.5. The van der Waals surface area contributed by atoms with Gasteiger partial charge in [-0.1, -0.05) is 153 Å². The Balaban J connectivity index is 0.910. The number of hydrogen-bond acceptors (Lipinski definition) is 1. The van der Waals surface area contributed by atoms with Crippen molar-refractivity contribution in [2.24, 2.45) is 4.99 Å². The van der Waals surface area contributed by atoms with Crippen molar-refractivity contribution in [2.45, 2.75) is 33.1 Å². The molecule has 0 bridgehead atoms. The Morgan fingerprint density at radius 2 is 0.968 bits per heavy atom. The van der Waals surface area contributed by atoms with Gasteiger partial charge in [0.25, 0.3) is 6.71 Å². The van der Waals surface area contributed by atoms with Crippen LogP contribution in [0.25, 0.3) is 83.4 Å². The zero-order chi connectivity index (χ0) is 42.7. The number of allylic oxidation sites excluding steroid dienone is 1. The normalized spacial score (nSPS) is 12.1. The van der Waals surface area contributed by atoms with Crippen LogP contribution in [0.2, 0.25) is 0 Å². The molecule has 9 aromatic rings. The number of fused-ring (bicyclic) bond motifs is 3. The molecule has 0 radical (unpaired) electrons. The summed E-state index contributed by atoms with van der Waals surface area (Å²) in [5.74, 6) is 2.07. The maximum atomic E-state index is 4.28. The number of nitrogens with zero attached hydrogens (tertiary/aromatic N) is 2. The maximum Gasteiger partial charge on any atom is 0.256 e. The summed E-state index contributed by atoms with van der Waals surface area (Å²) in [4.78, 5) is 4.28. The van der Waals surface area contributed by atoms with Gasteiger partial charge >= 0.3 is 0 Å². The fourth-order valence-electron chi connectivity index (χ4n) is 9.36. The molecule has 0 atom stereocenters. The molecule has 0 saturated heterocycles. The van der Waals surface area contributed by atoms with Gasteiger partial charge in [0.15, 0.2) is 0 Å². The molecule has 3 heteroatoms. The van der Waals surface area contributed by atoms with Crippen LogP contribution in [-0.4, -0.2) is 17.5 Å². The van der Waals surface area contributed by atoms with Crippen LogP contribution in [0.4, 0.5) is 0 Å². The van der Waals surface area contributed by atoms with E-state index in [0.29, 0.717) is 6.71 Å². The predicted octanol–water partition coefficient (Wildman–Crippen LogP) is 14.4. The van der Waals surface area contributed by atoms with Gasteiger partial charge < -0.3 is 4.57 Å². The molecule has 2 heterocycles. The first-order valence-corrected chi connectivity index (χ1v) is 22.2. The van der Waals surface area contributed by atoms with Gasteiger partial charge in [-0.15, -0.1) is 12.6 Å². The Morgan fingerprint density at radius 3 is 1.43 bits per heavy atom. The summed E-state index contributed by atoms with van der Waals surface area (Å²) >= 11 is 0. The van der Waals surface area contributed by atoms with E-state index in [1.165, 1.54) is 106 Å². The smallest absolute Gasteiger partial charge is 0.256 e. The molecule has 8 aromatic carbocycles. The van der Waals surface area contributed by atoms with Crippen LogP contribution in [0.3, 0.4) is 0 Å². The van der Waals surface area contributed by atoms with Crippen LogP contribution < -0.4 is 11.1 Å². The first-order valence-electron chi connectivity index (χ1n) is 22.2. The summed E-state index contributed by atoms with van der Waals surface area (Å²) in [5, 5.41) is 1.31. The lowest BCUT2D eigenvalue weighted by atomic mass is 9.64. The Kier molecular flexibility index (Phi) is 11.0. The van der Waals surface area contributed by atoms with Crippen molar-refractivity contribution >= 4 is 34.9 Å². The van der Waals surface area contributed by atoms with E-state index < -0.39 is 0 Å². The quantitative estimate of drug-likeness (QED) is 0.0815. The van der Waals surface area contributed by atoms with Crippen LogP contribution >= 0.6 is 0 Å². The molecule has 0 aliphatic carbocycles. The highest BCUT2D eigenvalue weighted by molar-refractivity contribution is 7.07. The minimum absolute atomic E-state index is 0.314. The molecule has 0 saturated carbocycles. The number of hydrogen-bond donors (Lipinski definition) is 0. The van der Waals surface area contributed by atoms with Crippen molar-refractivity contribution in [1.29, 1.82) is 0 Å². The largest absolute Gasteiger partial charge is 0.322 e. The van der Waals surface area contributed by atoms with Gasteiger partial charge in [0, 0.05) is 18.1 Å².